The van der Waals surface area contributed by atoms with Crippen LogP contribution in [-0.2, 0) is 0 Å². The van der Waals surface area contributed by atoms with Gasteiger partial charge in [-0.2, -0.15) is 4.98 Å². The summed E-state index contributed by atoms with van der Waals surface area (Å²) >= 11 is 0. The molecule has 18 heavy (non-hydrogen) atoms. The number of anilines is 2. The Labute approximate surface area is 105 Å². The minimum Gasteiger partial charge on any atom is -0.361 e. The lowest BCUT2D eigenvalue weighted by Crippen LogP contribution is -2.11. The Morgan fingerprint density at radius 3 is 2.89 bits per heavy atom. The number of nitrogens with one attached hydrogen (secondary N) is 2. The normalized spacial score (nSPS) is 21.4. The zero-order chi connectivity index (χ0) is 13.1. The zero-order valence-corrected chi connectivity index (χ0v) is 10.5. The summed E-state index contributed by atoms with van der Waals surface area (Å²) in [5.41, 5.74) is -0.0709. The number of hydrogen-bond donors (Lipinski definition) is 2. The van der Waals surface area contributed by atoms with Gasteiger partial charge in [0.2, 0.25) is 11.8 Å². The summed E-state index contributed by atoms with van der Waals surface area (Å²) < 4.78 is 0. The second kappa shape index (κ2) is 5.16. The van der Waals surface area contributed by atoms with Gasteiger partial charge in [0.15, 0.2) is 0 Å². The average Bonchev–Trinajstić information content (AvgIpc) is 3.08. The van der Waals surface area contributed by atoms with Crippen LogP contribution in [0.15, 0.2) is 6.20 Å². The maximum Gasteiger partial charge on any atom is 0.329 e. The van der Waals surface area contributed by atoms with E-state index in [1.165, 1.54) is 6.20 Å². The van der Waals surface area contributed by atoms with Crippen molar-refractivity contribution >= 4 is 17.5 Å². The van der Waals surface area contributed by atoms with Crippen molar-refractivity contribution in [2.24, 2.45) is 5.92 Å². The van der Waals surface area contributed by atoms with Gasteiger partial charge in [0.25, 0.3) is 0 Å². The SMILES string of the molecule is CCNc1ncc([N+](=O)[O-])c(NC2CC2CC)n1. The fourth-order valence-electron chi connectivity index (χ4n) is 1.91. The molecule has 2 rings (SSSR count). The molecule has 0 saturated heterocycles. The highest BCUT2D eigenvalue weighted by molar-refractivity contribution is 5.58. The summed E-state index contributed by atoms with van der Waals surface area (Å²) in [5.74, 6) is 1.33. The van der Waals surface area contributed by atoms with Gasteiger partial charge in [0, 0.05) is 12.6 Å². The van der Waals surface area contributed by atoms with Crippen molar-refractivity contribution in [2.45, 2.75) is 32.7 Å². The van der Waals surface area contributed by atoms with Gasteiger partial charge in [0.05, 0.1) is 4.92 Å². The van der Waals surface area contributed by atoms with E-state index in [0.29, 0.717) is 30.3 Å². The number of hydrogen-bond acceptors (Lipinski definition) is 6. The maximum absolute atomic E-state index is 10.9. The molecule has 1 aromatic rings. The molecule has 7 nitrogen and oxygen atoms in total. The van der Waals surface area contributed by atoms with E-state index < -0.39 is 4.92 Å². The van der Waals surface area contributed by atoms with Crippen LogP contribution in [0.5, 0.6) is 0 Å². The third-order valence-electron chi connectivity index (χ3n) is 3.07. The molecule has 2 unspecified atom stereocenters. The fourth-order valence-corrected chi connectivity index (χ4v) is 1.91. The molecule has 98 valence electrons. The largest absolute Gasteiger partial charge is 0.361 e. The molecule has 0 radical (unpaired) electrons. The third kappa shape index (κ3) is 2.66. The van der Waals surface area contributed by atoms with E-state index in [4.69, 9.17) is 0 Å². The molecule has 1 aliphatic carbocycles. The average molecular weight is 251 g/mol. The van der Waals surface area contributed by atoms with Crippen molar-refractivity contribution in [3.63, 3.8) is 0 Å². The molecule has 1 fully saturated rings. The van der Waals surface area contributed by atoms with Crippen molar-refractivity contribution in [1.82, 2.24) is 9.97 Å². The van der Waals surface area contributed by atoms with Gasteiger partial charge in [-0.25, -0.2) is 4.98 Å². The van der Waals surface area contributed by atoms with Crippen LogP contribution in [0, 0.1) is 16.0 Å². The van der Waals surface area contributed by atoms with Crippen LogP contribution in [0.1, 0.15) is 26.7 Å². The Morgan fingerprint density at radius 2 is 2.33 bits per heavy atom. The Balaban J connectivity index is 2.18. The summed E-state index contributed by atoms with van der Waals surface area (Å²) in [5, 5.41) is 17.0. The molecule has 1 aromatic heterocycles. The molecule has 0 amide bonds. The zero-order valence-electron chi connectivity index (χ0n) is 10.5. The van der Waals surface area contributed by atoms with Gasteiger partial charge in [-0.1, -0.05) is 13.3 Å². The van der Waals surface area contributed by atoms with Gasteiger partial charge >= 0.3 is 5.69 Å². The molecule has 0 bridgehead atoms. The molecule has 2 atom stereocenters. The molecule has 0 aliphatic heterocycles. The van der Waals surface area contributed by atoms with E-state index in [-0.39, 0.29) is 5.69 Å². The predicted molar refractivity (Wildman–Crippen MR) is 68.7 cm³/mol. The molecule has 2 N–H and O–H groups in total. The van der Waals surface area contributed by atoms with E-state index in [0.717, 1.165) is 12.8 Å². The number of nitro groups is 1. The molecule has 0 spiro atoms. The molecule has 1 saturated carbocycles. The lowest BCUT2D eigenvalue weighted by atomic mass is 10.3. The monoisotopic (exact) mass is 251 g/mol. The first-order chi connectivity index (χ1) is 8.65. The summed E-state index contributed by atoms with van der Waals surface area (Å²) in [4.78, 5) is 18.5. The van der Waals surface area contributed by atoms with Crippen molar-refractivity contribution in [3.8, 4) is 0 Å². The minimum atomic E-state index is -0.457. The van der Waals surface area contributed by atoms with Crippen LogP contribution in [0.3, 0.4) is 0 Å². The topological polar surface area (TPSA) is 93.0 Å². The van der Waals surface area contributed by atoms with Gasteiger partial charge in [-0.15, -0.1) is 0 Å². The van der Waals surface area contributed by atoms with Crippen molar-refractivity contribution in [3.05, 3.63) is 16.3 Å². The first-order valence-corrected chi connectivity index (χ1v) is 6.17. The van der Waals surface area contributed by atoms with Crippen molar-refractivity contribution < 1.29 is 4.92 Å². The Bertz CT molecular complexity index is 451. The summed E-state index contributed by atoms with van der Waals surface area (Å²) in [6.07, 6.45) is 3.38. The van der Waals surface area contributed by atoms with Crippen molar-refractivity contribution in [1.29, 1.82) is 0 Å². The standard InChI is InChI=1S/C11H17N5O2/c1-3-7-5-8(7)14-10-9(16(17)18)6-13-11(15-10)12-4-2/h6-8H,3-5H2,1-2H3,(H2,12,13,14,15). The Morgan fingerprint density at radius 1 is 1.56 bits per heavy atom. The highest BCUT2D eigenvalue weighted by Crippen LogP contribution is 2.37. The summed E-state index contributed by atoms with van der Waals surface area (Å²) in [6, 6.07) is 0.304. The van der Waals surface area contributed by atoms with E-state index in [2.05, 4.69) is 27.5 Å². The number of rotatable bonds is 6. The van der Waals surface area contributed by atoms with Crippen LogP contribution in [0.4, 0.5) is 17.5 Å². The first kappa shape index (κ1) is 12.5. The van der Waals surface area contributed by atoms with Crippen LogP contribution in [0.2, 0.25) is 0 Å². The Hall–Kier alpha value is -1.92. The maximum atomic E-state index is 10.9. The smallest absolute Gasteiger partial charge is 0.329 e. The molecular weight excluding hydrogens is 234 g/mol. The molecule has 7 heteroatoms. The fraction of sp³-hybridized carbons (Fsp3) is 0.636. The molecular formula is C11H17N5O2. The van der Waals surface area contributed by atoms with Crippen LogP contribution in [0.25, 0.3) is 0 Å². The van der Waals surface area contributed by atoms with Gasteiger partial charge in [-0.3, -0.25) is 10.1 Å². The lowest BCUT2D eigenvalue weighted by Gasteiger charge is -2.07. The summed E-state index contributed by atoms with van der Waals surface area (Å²) in [6.45, 7) is 4.72. The lowest BCUT2D eigenvalue weighted by molar-refractivity contribution is -0.384. The number of aromatic nitrogens is 2. The van der Waals surface area contributed by atoms with Crippen LogP contribution >= 0.6 is 0 Å². The Kier molecular flexibility index (Phi) is 3.59. The molecule has 0 aromatic carbocycles. The first-order valence-electron chi connectivity index (χ1n) is 6.17. The molecule has 1 aliphatic rings. The number of nitrogens with zero attached hydrogens (tertiary/aromatic N) is 3. The highest BCUT2D eigenvalue weighted by Gasteiger charge is 2.37. The van der Waals surface area contributed by atoms with E-state index >= 15 is 0 Å². The van der Waals surface area contributed by atoms with Gasteiger partial charge in [-0.05, 0) is 19.3 Å². The van der Waals surface area contributed by atoms with E-state index in [1.807, 2.05) is 6.92 Å². The van der Waals surface area contributed by atoms with E-state index in [1.54, 1.807) is 0 Å². The second-order valence-corrected chi connectivity index (χ2v) is 4.37. The minimum absolute atomic E-state index is 0.0709. The quantitative estimate of drug-likeness (QED) is 0.593. The summed E-state index contributed by atoms with van der Waals surface area (Å²) in [7, 11) is 0. The molecule has 1 heterocycles. The van der Waals surface area contributed by atoms with E-state index in [9.17, 15) is 10.1 Å². The van der Waals surface area contributed by atoms with Gasteiger partial charge in [0.1, 0.15) is 6.20 Å². The van der Waals surface area contributed by atoms with Gasteiger partial charge < -0.3 is 10.6 Å². The van der Waals surface area contributed by atoms with Crippen LogP contribution < -0.4 is 10.6 Å². The highest BCUT2D eigenvalue weighted by atomic mass is 16.6. The van der Waals surface area contributed by atoms with Crippen LogP contribution in [-0.4, -0.2) is 27.5 Å². The van der Waals surface area contributed by atoms with Crippen molar-refractivity contribution in [2.75, 3.05) is 17.2 Å². The predicted octanol–water partition coefficient (Wildman–Crippen LogP) is 2.03. The third-order valence-corrected chi connectivity index (χ3v) is 3.07. The second-order valence-electron chi connectivity index (χ2n) is 4.37.